The quantitative estimate of drug-likeness (QED) is 0.797. The number of hydrogen-bond acceptors (Lipinski definition) is 2. The van der Waals surface area contributed by atoms with Gasteiger partial charge in [-0.1, -0.05) is 20.8 Å². The fraction of sp³-hybridized carbons (Fsp3) is 1.00. The lowest BCUT2D eigenvalue weighted by atomic mass is 9.79. The van der Waals surface area contributed by atoms with E-state index in [2.05, 4.69) is 12.2 Å². The molecule has 0 atom stereocenters. The highest BCUT2D eigenvalue weighted by atomic mass is 19.4. The topological polar surface area (TPSA) is 21.3 Å². The van der Waals surface area contributed by atoms with E-state index >= 15 is 0 Å². The van der Waals surface area contributed by atoms with E-state index in [1.807, 2.05) is 13.8 Å². The van der Waals surface area contributed by atoms with Crippen molar-refractivity contribution in [2.45, 2.75) is 70.7 Å². The molecule has 1 rings (SSSR count). The fourth-order valence-corrected chi connectivity index (χ4v) is 2.43. The molecule has 19 heavy (non-hydrogen) atoms. The summed E-state index contributed by atoms with van der Waals surface area (Å²) in [5.41, 5.74) is -0.401. The number of halogens is 3. The Hall–Kier alpha value is -0.290. The summed E-state index contributed by atoms with van der Waals surface area (Å²) in [5.74, 6) is 0.651. The molecule has 0 spiro atoms. The maximum Gasteiger partial charge on any atom is 0.391 e. The van der Waals surface area contributed by atoms with Crippen molar-refractivity contribution in [3.63, 3.8) is 0 Å². The highest BCUT2D eigenvalue weighted by Crippen LogP contribution is 2.35. The second kappa shape index (κ2) is 6.93. The largest absolute Gasteiger partial charge is 0.391 e. The Morgan fingerprint density at radius 1 is 1.26 bits per heavy atom. The van der Waals surface area contributed by atoms with Gasteiger partial charge in [-0.2, -0.15) is 13.2 Å². The van der Waals surface area contributed by atoms with E-state index in [0.29, 0.717) is 18.5 Å². The van der Waals surface area contributed by atoms with Crippen LogP contribution in [-0.4, -0.2) is 31.0 Å². The van der Waals surface area contributed by atoms with Gasteiger partial charge >= 0.3 is 6.18 Å². The second-order valence-electron chi connectivity index (χ2n) is 6.11. The summed E-state index contributed by atoms with van der Waals surface area (Å²) in [6.07, 6.45) is -1.21. The van der Waals surface area contributed by atoms with Crippen molar-refractivity contribution in [2.75, 3.05) is 13.2 Å². The lowest BCUT2D eigenvalue weighted by Gasteiger charge is -2.40. The standard InChI is InChI=1S/C14H26F3NO/c1-11(2)18-10-13(6-4-12(3)5-7-13)19-9-8-14(15,16)17/h11-12,18H,4-10H2,1-3H3. The first kappa shape index (κ1) is 16.8. The van der Waals surface area contributed by atoms with Crippen molar-refractivity contribution in [3.05, 3.63) is 0 Å². The molecule has 5 heteroatoms. The number of nitrogens with one attached hydrogen (secondary N) is 1. The molecule has 1 aliphatic rings. The molecule has 1 aliphatic carbocycles. The molecule has 0 aromatic heterocycles. The van der Waals surface area contributed by atoms with Crippen LogP contribution in [0, 0.1) is 5.92 Å². The Bertz CT molecular complexity index is 258. The first-order chi connectivity index (χ1) is 8.72. The van der Waals surface area contributed by atoms with Gasteiger partial charge in [-0.15, -0.1) is 0 Å². The predicted molar refractivity (Wildman–Crippen MR) is 70.1 cm³/mol. The normalized spacial score (nSPS) is 28.9. The number of ether oxygens (including phenoxy) is 1. The molecule has 2 nitrogen and oxygen atoms in total. The summed E-state index contributed by atoms with van der Waals surface area (Å²) in [6.45, 7) is 6.69. The smallest absolute Gasteiger partial charge is 0.373 e. The van der Waals surface area contributed by atoms with E-state index < -0.39 is 18.2 Å². The first-order valence-electron chi connectivity index (χ1n) is 7.16. The van der Waals surface area contributed by atoms with Crippen molar-refractivity contribution < 1.29 is 17.9 Å². The van der Waals surface area contributed by atoms with Gasteiger partial charge in [-0.3, -0.25) is 0 Å². The first-order valence-corrected chi connectivity index (χ1v) is 7.16. The predicted octanol–water partition coefficient (Wildman–Crippen LogP) is 3.90. The third-order valence-electron chi connectivity index (χ3n) is 3.81. The van der Waals surface area contributed by atoms with Gasteiger partial charge in [0.1, 0.15) is 0 Å². The summed E-state index contributed by atoms with van der Waals surface area (Å²) in [5, 5.41) is 3.31. The summed E-state index contributed by atoms with van der Waals surface area (Å²) in [4.78, 5) is 0. The molecular weight excluding hydrogens is 255 g/mol. The van der Waals surface area contributed by atoms with Gasteiger partial charge in [0.2, 0.25) is 0 Å². The zero-order chi connectivity index (χ0) is 14.5. The molecular formula is C14H26F3NO. The molecule has 0 bridgehead atoms. The van der Waals surface area contributed by atoms with Crippen LogP contribution in [0.1, 0.15) is 52.9 Å². The molecule has 0 saturated heterocycles. The summed E-state index contributed by atoms with van der Waals surface area (Å²) >= 11 is 0. The van der Waals surface area contributed by atoms with Crippen molar-refractivity contribution >= 4 is 0 Å². The molecule has 0 heterocycles. The number of rotatable bonds is 6. The van der Waals surface area contributed by atoms with E-state index in [9.17, 15) is 13.2 Å². The Morgan fingerprint density at radius 2 is 1.84 bits per heavy atom. The van der Waals surface area contributed by atoms with Crippen LogP contribution < -0.4 is 5.32 Å². The molecule has 0 radical (unpaired) electrons. The molecule has 1 saturated carbocycles. The monoisotopic (exact) mass is 281 g/mol. The lowest BCUT2D eigenvalue weighted by molar-refractivity contribution is -0.163. The van der Waals surface area contributed by atoms with Crippen molar-refractivity contribution in [1.82, 2.24) is 5.32 Å². The average molecular weight is 281 g/mol. The Labute approximate surface area is 114 Å². The molecule has 1 fully saturated rings. The summed E-state index contributed by atoms with van der Waals surface area (Å²) in [6, 6.07) is 0.322. The maximum atomic E-state index is 12.2. The number of hydrogen-bond donors (Lipinski definition) is 1. The third-order valence-corrected chi connectivity index (χ3v) is 3.81. The lowest BCUT2D eigenvalue weighted by Crippen LogP contribution is -2.47. The van der Waals surface area contributed by atoms with Gasteiger partial charge in [0.15, 0.2) is 0 Å². The minimum atomic E-state index is -4.13. The molecule has 114 valence electrons. The molecule has 1 N–H and O–H groups in total. The minimum absolute atomic E-state index is 0.225. The highest BCUT2D eigenvalue weighted by molar-refractivity contribution is 4.89. The molecule has 0 aromatic rings. The van der Waals surface area contributed by atoms with E-state index in [0.717, 1.165) is 25.7 Å². The van der Waals surface area contributed by atoms with Crippen LogP contribution in [0.25, 0.3) is 0 Å². The van der Waals surface area contributed by atoms with Gasteiger partial charge in [0.05, 0.1) is 18.6 Å². The van der Waals surface area contributed by atoms with Gasteiger partial charge < -0.3 is 10.1 Å². The Kier molecular flexibility index (Phi) is 6.12. The van der Waals surface area contributed by atoms with E-state index in [-0.39, 0.29) is 6.61 Å². The van der Waals surface area contributed by atoms with Gasteiger partial charge in [-0.05, 0) is 31.6 Å². The van der Waals surface area contributed by atoms with E-state index in [4.69, 9.17) is 4.74 Å². The van der Waals surface area contributed by atoms with Crippen molar-refractivity contribution in [2.24, 2.45) is 5.92 Å². The zero-order valence-corrected chi connectivity index (χ0v) is 12.1. The van der Waals surface area contributed by atoms with E-state index in [1.54, 1.807) is 0 Å². The van der Waals surface area contributed by atoms with Crippen molar-refractivity contribution in [1.29, 1.82) is 0 Å². The van der Waals surface area contributed by atoms with Crippen LogP contribution in [0.5, 0.6) is 0 Å². The van der Waals surface area contributed by atoms with Crippen LogP contribution in [0.3, 0.4) is 0 Å². The number of alkyl halides is 3. The average Bonchev–Trinajstić information content (AvgIpc) is 2.28. The van der Waals surface area contributed by atoms with Crippen LogP contribution in [0.4, 0.5) is 13.2 Å². The minimum Gasteiger partial charge on any atom is -0.373 e. The van der Waals surface area contributed by atoms with Crippen LogP contribution in [0.2, 0.25) is 0 Å². The zero-order valence-electron chi connectivity index (χ0n) is 12.1. The highest BCUT2D eigenvalue weighted by Gasteiger charge is 2.36. The van der Waals surface area contributed by atoms with Gasteiger partial charge in [-0.25, -0.2) is 0 Å². The maximum absolute atomic E-state index is 12.2. The van der Waals surface area contributed by atoms with Crippen LogP contribution in [-0.2, 0) is 4.74 Å². The fourth-order valence-electron chi connectivity index (χ4n) is 2.43. The summed E-state index contributed by atoms with van der Waals surface area (Å²) in [7, 11) is 0. The molecule has 0 aliphatic heterocycles. The molecule has 0 aromatic carbocycles. The Morgan fingerprint density at radius 3 is 2.32 bits per heavy atom. The van der Waals surface area contributed by atoms with Crippen molar-refractivity contribution in [3.8, 4) is 0 Å². The SMILES string of the molecule is CC1CCC(CNC(C)C)(OCCC(F)(F)F)CC1. The van der Waals surface area contributed by atoms with Gasteiger partial charge in [0.25, 0.3) is 0 Å². The third kappa shape index (κ3) is 6.61. The van der Waals surface area contributed by atoms with Gasteiger partial charge in [0, 0.05) is 12.6 Å². The molecule has 0 unspecified atom stereocenters. The van der Waals surface area contributed by atoms with Crippen LogP contribution in [0.15, 0.2) is 0 Å². The summed E-state index contributed by atoms with van der Waals surface area (Å²) < 4.78 is 42.3. The molecule has 0 amide bonds. The second-order valence-corrected chi connectivity index (χ2v) is 6.11. The van der Waals surface area contributed by atoms with Crippen LogP contribution >= 0.6 is 0 Å². The Balaban J connectivity index is 2.49. The van der Waals surface area contributed by atoms with E-state index in [1.165, 1.54) is 0 Å².